The highest BCUT2D eigenvalue weighted by Gasteiger charge is 2.59. The smallest absolute Gasteiger partial charge is 0.268 e. The Kier molecular flexibility index (Phi) is 5.13. The first-order chi connectivity index (χ1) is 15.5. The molecule has 7 heteroatoms. The molecule has 2 heterocycles. The maximum absolute atomic E-state index is 13.9. The fourth-order valence-electron chi connectivity index (χ4n) is 4.39. The molecule has 0 N–H and O–H groups in total. The molecular formula is C25H21FN2O3S. The second kappa shape index (κ2) is 7.98. The van der Waals surface area contributed by atoms with Crippen molar-refractivity contribution in [2.75, 3.05) is 24.3 Å². The van der Waals surface area contributed by atoms with Crippen LogP contribution in [0.2, 0.25) is 0 Å². The number of rotatable bonds is 4. The van der Waals surface area contributed by atoms with E-state index in [2.05, 4.69) is 0 Å². The molecule has 2 aliphatic heterocycles. The van der Waals surface area contributed by atoms with Gasteiger partial charge in [-0.15, -0.1) is 11.8 Å². The van der Waals surface area contributed by atoms with E-state index in [0.29, 0.717) is 30.2 Å². The van der Waals surface area contributed by atoms with Crippen LogP contribution in [0.25, 0.3) is 0 Å². The number of anilines is 1. The van der Waals surface area contributed by atoms with Crippen LogP contribution in [0.3, 0.4) is 0 Å². The minimum atomic E-state index is -1.10. The lowest BCUT2D eigenvalue weighted by atomic mass is 10.0. The lowest BCUT2D eigenvalue weighted by Gasteiger charge is -2.33. The van der Waals surface area contributed by atoms with Crippen molar-refractivity contribution in [1.29, 1.82) is 0 Å². The zero-order chi connectivity index (χ0) is 22.3. The van der Waals surface area contributed by atoms with E-state index >= 15 is 0 Å². The molecule has 0 aromatic heterocycles. The molecule has 32 heavy (non-hydrogen) atoms. The zero-order valence-electron chi connectivity index (χ0n) is 17.5. The van der Waals surface area contributed by atoms with Gasteiger partial charge in [-0.25, -0.2) is 4.39 Å². The van der Waals surface area contributed by atoms with Crippen LogP contribution in [0, 0.1) is 5.82 Å². The van der Waals surface area contributed by atoms with Gasteiger partial charge >= 0.3 is 0 Å². The fraction of sp³-hybridized carbons (Fsp3) is 0.200. The van der Waals surface area contributed by atoms with E-state index < -0.39 is 4.87 Å². The predicted molar refractivity (Wildman–Crippen MR) is 122 cm³/mol. The number of thioether (sulfide) groups is 1. The number of carbonyl (C=O) groups is 2. The Hall–Kier alpha value is -3.32. The van der Waals surface area contributed by atoms with Crippen molar-refractivity contribution < 1.29 is 18.7 Å². The molecule has 1 spiro atoms. The molecule has 162 valence electrons. The highest BCUT2D eigenvalue weighted by Crippen LogP contribution is 2.54. The Balaban J connectivity index is 1.54. The SMILES string of the molecule is COc1ccc(C(=O)N2CCS[C@]23C(=O)N(Cc2ccc(F)cc2)c2ccccc23)cc1. The van der Waals surface area contributed by atoms with Gasteiger partial charge < -0.3 is 14.5 Å². The zero-order valence-corrected chi connectivity index (χ0v) is 18.3. The number of ether oxygens (including phenoxy) is 1. The van der Waals surface area contributed by atoms with Crippen LogP contribution < -0.4 is 9.64 Å². The molecule has 0 unspecified atom stereocenters. The minimum absolute atomic E-state index is 0.146. The van der Waals surface area contributed by atoms with Gasteiger partial charge in [0.2, 0.25) is 0 Å². The third-order valence-electron chi connectivity index (χ3n) is 5.94. The van der Waals surface area contributed by atoms with Crippen LogP contribution in [0.4, 0.5) is 10.1 Å². The van der Waals surface area contributed by atoms with E-state index in [9.17, 15) is 14.0 Å². The van der Waals surface area contributed by atoms with Gasteiger partial charge in [0.15, 0.2) is 4.87 Å². The van der Waals surface area contributed by atoms with E-state index in [1.807, 2.05) is 24.3 Å². The van der Waals surface area contributed by atoms with Gasteiger partial charge in [0.05, 0.1) is 19.3 Å². The quantitative estimate of drug-likeness (QED) is 0.593. The summed E-state index contributed by atoms with van der Waals surface area (Å²) in [5, 5.41) is 0. The first kappa shape index (κ1) is 20.6. The summed E-state index contributed by atoms with van der Waals surface area (Å²) in [4.78, 5) is 29.7. The third-order valence-corrected chi connectivity index (χ3v) is 7.36. The van der Waals surface area contributed by atoms with Gasteiger partial charge in [-0.1, -0.05) is 30.3 Å². The molecule has 2 amide bonds. The van der Waals surface area contributed by atoms with Crippen molar-refractivity contribution >= 4 is 29.3 Å². The maximum atomic E-state index is 13.9. The average Bonchev–Trinajstić information content (AvgIpc) is 3.37. The number of hydrogen-bond donors (Lipinski definition) is 0. The van der Waals surface area contributed by atoms with Crippen LogP contribution in [0.15, 0.2) is 72.8 Å². The van der Waals surface area contributed by atoms with Crippen molar-refractivity contribution in [2.24, 2.45) is 0 Å². The number of fused-ring (bicyclic) bond motifs is 2. The molecule has 2 aliphatic rings. The van der Waals surface area contributed by atoms with E-state index in [4.69, 9.17) is 4.74 Å². The summed E-state index contributed by atoms with van der Waals surface area (Å²) in [6.07, 6.45) is 0. The predicted octanol–water partition coefficient (Wildman–Crippen LogP) is 4.42. The van der Waals surface area contributed by atoms with Crippen LogP contribution in [-0.4, -0.2) is 36.1 Å². The van der Waals surface area contributed by atoms with Crippen LogP contribution >= 0.6 is 11.8 Å². The van der Waals surface area contributed by atoms with Crippen molar-refractivity contribution in [1.82, 2.24) is 4.90 Å². The number of benzene rings is 3. The second-order valence-corrected chi connectivity index (χ2v) is 9.00. The van der Waals surface area contributed by atoms with E-state index in [0.717, 1.165) is 16.8 Å². The summed E-state index contributed by atoms with van der Waals surface area (Å²) in [6.45, 7) is 0.781. The highest BCUT2D eigenvalue weighted by molar-refractivity contribution is 8.01. The monoisotopic (exact) mass is 448 g/mol. The summed E-state index contributed by atoms with van der Waals surface area (Å²) in [6, 6.07) is 20.7. The van der Waals surface area contributed by atoms with Crippen molar-refractivity contribution in [2.45, 2.75) is 11.4 Å². The Morgan fingerprint density at radius 2 is 1.78 bits per heavy atom. The fourth-order valence-corrected chi connectivity index (χ4v) is 5.85. The van der Waals surface area contributed by atoms with Gasteiger partial charge in [0.25, 0.3) is 11.8 Å². The van der Waals surface area contributed by atoms with E-state index in [1.54, 1.807) is 53.3 Å². The Bertz CT molecular complexity index is 1180. The molecular weight excluding hydrogens is 427 g/mol. The van der Waals surface area contributed by atoms with Crippen molar-refractivity contribution in [3.8, 4) is 5.75 Å². The molecule has 1 fully saturated rings. The number of para-hydroxylation sites is 1. The summed E-state index contributed by atoms with van der Waals surface area (Å²) in [7, 11) is 1.58. The van der Waals surface area contributed by atoms with Crippen LogP contribution in [-0.2, 0) is 16.2 Å². The molecule has 0 radical (unpaired) electrons. The summed E-state index contributed by atoms with van der Waals surface area (Å²) >= 11 is 1.49. The Morgan fingerprint density at radius 3 is 2.50 bits per heavy atom. The highest BCUT2D eigenvalue weighted by atomic mass is 32.2. The normalized spacial score (nSPS) is 19.5. The van der Waals surface area contributed by atoms with Gasteiger partial charge in [-0.05, 0) is 48.0 Å². The van der Waals surface area contributed by atoms with Gasteiger partial charge in [-0.3, -0.25) is 9.59 Å². The number of methoxy groups -OCH3 is 1. The summed E-state index contributed by atoms with van der Waals surface area (Å²) < 4.78 is 18.6. The van der Waals surface area contributed by atoms with Crippen molar-refractivity contribution in [3.05, 3.63) is 95.3 Å². The molecule has 3 aromatic carbocycles. The van der Waals surface area contributed by atoms with Crippen molar-refractivity contribution in [3.63, 3.8) is 0 Å². The molecule has 1 atom stereocenters. The maximum Gasteiger partial charge on any atom is 0.268 e. The summed E-state index contributed by atoms with van der Waals surface area (Å²) in [5.74, 6) is 0.671. The lowest BCUT2D eigenvalue weighted by molar-refractivity contribution is -0.123. The number of halogens is 1. The Morgan fingerprint density at radius 1 is 1.06 bits per heavy atom. The minimum Gasteiger partial charge on any atom is -0.497 e. The molecule has 5 rings (SSSR count). The Labute approximate surface area is 189 Å². The molecule has 3 aromatic rings. The molecule has 0 bridgehead atoms. The largest absolute Gasteiger partial charge is 0.497 e. The topological polar surface area (TPSA) is 49.9 Å². The summed E-state index contributed by atoms with van der Waals surface area (Å²) in [5.41, 5.74) is 2.93. The molecule has 0 aliphatic carbocycles. The number of amides is 2. The first-order valence-corrected chi connectivity index (χ1v) is 11.3. The number of hydrogen-bond acceptors (Lipinski definition) is 4. The van der Waals surface area contributed by atoms with Gasteiger partial charge in [-0.2, -0.15) is 0 Å². The van der Waals surface area contributed by atoms with Crippen LogP contribution in [0.1, 0.15) is 21.5 Å². The number of nitrogens with zero attached hydrogens (tertiary/aromatic N) is 2. The third kappa shape index (κ3) is 3.15. The average molecular weight is 449 g/mol. The molecule has 5 nitrogen and oxygen atoms in total. The molecule has 1 saturated heterocycles. The van der Waals surface area contributed by atoms with E-state index in [1.165, 1.54) is 23.9 Å². The standard InChI is InChI=1S/C25H21FN2O3S/c1-31-20-12-8-18(9-13-20)23(29)28-14-15-32-25(28)21-4-2-3-5-22(21)27(24(25)30)16-17-6-10-19(26)11-7-17/h2-13H,14-16H2,1H3/t25-/m1/s1. The lowest BCUT2D eigenvalue weighted by Crippen LogP contribution is -2.50. The van der Waals surface area contributed by atoms with Gasteiger partial charge in [0.1, 0.15) is 11.6 Å². The molecule has 0 saturated carbocycles. The second-order valence-electron chi connectivity index (χ2n) is 7.71. The van der Waals surface area contributed by atoms with Crippen LogP contribution in [0.5, 0.6) is 5.75 Å². The van der Waals surface area contributed by atoms with E-state index in [-0.39, 0.29) is 17.6 Å². The number of carbonyl (C=O) groups excluding carboxylic acids is 2. The first-order valence-electron chi connectivity index (χ1n) is 10.3. The van der Waals surface area contributed by atoms with Gasteiger partial charge in [0, 0.05) is 23.4 Å².